The molecule has 3 rings (SSSR count). The summed E-state index contributed by atoms with van der Waals surface area (Å²) in [4.78, 5) is 0. The standard InChI is InChI=1S/C18H19BrClN/c1-12-10-13(20)6-7-14(12)15-8-9-21-11-17(15)16-4-2-3-5-18(16)19/h2-7,10,15,17,21H,8-9,11H2,1H3. The summed E-state index contributed by atoms with van der Waals surface area (Å²) in [5.74, 6) is 1.04. The zero-order chi connectivity index (χ0) is 14.8. The molecule has 0 amide bonds. The molecule has 0 aromatic heterocycles. The van der Waals surface area contributed by atoms with Crippen LogP contribution in [0.3, 0.4) is 0 Å². The van der Waals surface area contributed by atoms with Crippen molar-refractivity contribution in [3.63, 3.8) is 0 Å². The number of nitrogens with one attached hydrogen (secondary N) is 1. The highest BCUT2D eigenvalue weighted by atomic mass is 79.9. The van der Waals surface area contributed by atoms with E-state index in [0.717, 1.165) is 24.5 Å². The highest BCUT2D eigenvalue weighted by molar-refractivity contribution is 9.10. The molecule has 1 saturated heterocycles. The monoisotopic (exact) mass is 363 g/mol. The van der Waals surface area contributed by atoms with Gasteiger partial charge in [-0.05, 0) is 60.7 Å². The molecule has 1 aliphatic rings. The predicted octanol–water partition coefficient (Wildman–Crippen LogP) is 5.27. The molecular weight excluding hydrogens is 346 g/mol. The molecule has 1 heterocycles. The number of aryl methyl sites for hydroxylation is 1. The van der Waals surface area contributed by atoms with E-state index in [-0.39, 0.29) is 0 Å². The minimum Gasteiger partial charge on any atom is -0.316 e. The SMILES string of the molecule is Cc1cc(Cl)ccc1C1CCNCC1c1ccccc1Br. The van der Waals surface area contributed by atoms with Crippen molar-refractivity contribution >= 4 is 27.5 Å². The van der Waals surface area contributed by atoms with Crippen molar-refractivity contribution in [2.24, 2.45) is 0 Å². The average molecular weight is 365 g/mol. The summed E-state index contributed by atoms with van der Waals surface area (Å²) in [7, 11) is 0. The van der Waals surface area contributed by atoms with Crippen LogP contribution in [-0.4, -0.2) is 13.1 Å². The Morgan fingerprint density at radius 2 is 1.90 bits per heavy atom. The highest BCUT2D eigenvalue weighted by Crippen LogP contribution is 2.41. The van der Waals surface area contributed by atoms with Crippen molar-refractivity contribution in [1.29, 1.82) is 0 Å². The summed E-state index contributed by atoms with van der Waals surface area (Å²) in [6.45, 7) is 4.27. The van der Waals surface area contributed by atoms with Gasteiger partial charge < -0.3 is 5.32 Å². The Balaban J connectivity index is 2.00. The van der Waals surface area contributed by atoms with Crippen LogP contribution in [0.2, 0.25) is 5.02 Å². The van der Waals surface area contributed by atoms with Gasteiger partial charge in [-0.2, -0.15) is 0 Å². The Hall–Kier alpha value is -0.830. The molecule has 3 heteroatoms. The zero-order valence-corrected chi connectivity index (χ0v) is 14.4. The van der Waals surface area contributed by atoms with Crippen molar-refractivity contribution < 1.29 is 0 Å². The minimum absolute atomic E-state index is 0.495. The first kappa shape index (κ1) is 15.1. The van der Waals surface area contributed by atoms with Crippen LogP contribution in [0.25, 0.3) is 0 Å². The molecule has 0 bridgehead atoms. The number of hydrogen-bond donors (Lipinski definition) is 1. The van der Waals surface area contributed by atoms with Crippen molar-refractivity contribution in [2.75, 3.05) is 13.1 Å². The molecule has 2 aromatic carbocycles. The van der Waals surface area contributed by atoms with Crippen molar-refractivity contribution in [3.05, 3.63) is 68.7 Å². The number of benzene rings is 2. The Morgan fingerprint density at radius 3 is 2.67 bits per heavy atom. The van der Waals surface area contributed by atoms with Gasteiger partial charge in [-0.3, -0.25) is 0 Å². The molecule has 0 radical (unpaired) electrons. The summed E-state index contributed by atoms with van der Waals surface area (Å²) >= 11 is 9.83. The molecule has 1 fully saturated rings. The molecule has 110 valence electrons. The van der Waals surface area contributed by atoms with E-state index >= 15 is 0 Å². The normalized spacial score (nSPS) is 22.2. The number of rotatable bonds is 2. The van der Waals surface area contributed by atoms with Crippen molar-refractivity contribution in [2.45, 2.75) is 25.2 Å². The van der Waals surface area contributed by atoms with E-state index in [4.69, 9.17) is 11.6 Å². The second-order valence-corrected chi connectivity index (χ2v) is 7.02. The van der Waals surface area contributed by atoms with Crippen molar-refractivity contribution in [1.82, 2.24) is 5.32 Å². The predicted molar refractivity (Wildman–Crippen MR) is 93.3 cm³/mol. The lowest BCUT2D eigenvalue weighted by atomic mass is 9.76. The van der Waals surface area contributed by atoms with E-state index < -0.39 is 0 Å². The minimum atomic E-state index is 0.495. The molecule has 0 saturated carbocycles. The maximum Gasteiger partial charge on any atom is 0.0408 e. The second-order valence-electron chi connectivity index (χ2n) is 5.73. The van der Waals surface area contributed by atoms with E-state index in [9.17, 15) is 0 Å². The molecule has 21 heavy (non-hydrogen) atoms. The number of piperidine rings is 1. The fraction of sp³-hybridized carbons (Fsp3) is 0.333. The van der Waals surface area contributed by atoms with E-state index in [1.54, 1.807) is 0 Å². The van der Waals surface area contributed by atoms with Gasteiger partial charge in [-0.1, -0.05) is 51.8 Å². The molecule has 0 aliphatic carbocycles. The molecule has 2 aromatic rings. The highest BCUT2D eigenvalue weighted by Gasteiger charge is 2.29. The topological polar surface area (TPSA) is 12.0 Å². The summed E-state index contributed by atoms with van der Waals surface area (Å²) < 4.78 is 1.20. The van der Waals surface area contributed by atoms with Gasteiger partial charge in [-0.15, -0.1) is 0 Å². The average Bonchev–Trinajstić information content (AvgIpc) is 2.48. The Bertz CT molecular complexity index is 641. The van der Waals surface area contributed by atoms with E-state index in [1.807, 2.05) is 6.07 Å². The first-order valence-corrected chi connectivity index (χ1v) is 8.55. The van der Waals surface area contributed by atoms with Crippen LogP contribution in [0.5, 0.6) is 0 Å². The van der Waals surface area contributed by atoms with Gasteiger partial charge in [0.05, 0.1) is 0 Å². The largest absolute Gasteiger partial charge is 0.316 e. The summed E-state index contributed by atoms with van der Waals surface area (Å²) in [6, 6.07) is 14.9. The fourth-order valence-electron chi connectivity index (χ4n) is 3.39. The van der Waals surface area contributed by atoms with Crippen LogP contribution in [-0.2, 0) is 0 Å². The van der Waals surface area contributed by atoms with Crippen LogP contribution >= 0.6 is 27.5 Å². The van der Waals surface area contributed by atoms with Crippen LogP contribution in [0.4, 0.5) is 0 Å². The molecule has 1 N–H and O–H groups in total. The number of halogens is 2. The first-order chi connectivity index (χ1) is 10.2. The van der Waals surface area contributed by atoms with Crippen LogP contribution in [0, 0.1) is 6.92 Å². The third kappa shape index (κ3) is 3.18. The van der Waals surface area contributed by atoms with E-state index in [0.29, 0.717) is 11.8 Å². The maximum absolute atomic E-state index is 6.11. The van der Waals surface area contributed by atoms with Gasteiger partial charge >= 0.3 is 0 Å². The number of hydrogen-bond acceptors (Lipinski definition) is 1. The Kier molecular flexibility index (Phi) is 4.68. The Labute approximate surface area is 139 Å². The van der Waals surface area contributed by atoms with E-state index in [2.05, 4.69) is 64.6 Å². The molecule has 0 spiro atoms. The van der Waals surface area contributed by atoms with Crippen molar-refractivity contribution in [3.8, 4) is 0 Å². The fourth-order valence-corrected chi connectivity index (χ4v) is 4.19. The third-order valence-corrected chi connectivity index (χ3v) is 5.38. The van der Waals surface area contributed by atoms with Gasteiger partial charge in [0.25, 0.3) is 0 Å². The maximum atomic E-state index is 6.11. The van der Waals surface area contributed by atoms with Crippen LogP contribution in [0.1, 0.15) is 34.9 Å². The van der Waals surface area contributed by atoms with Crippen LogP contribution < -0.4 is 5.32 Å². The van der Waals surface area contributed by atoms with Gasteiger partial charge in [0.1, 0.15) is 0 Å². The van der Waals surface area contributed by atoms with Gasteiger partial charge in [0, 0.05) is 22.0 Å². The second kappa shape index (κ2) is 6.51. The molecule has 1 nitrogen and oxygen atoms in total. The molecule has 1 aliphatic heterocycles. The molecule has 2 atom stereocenters. The van der Waals surface area contributed by atoms with Crippen LogP contribution in [0.15, 0.2) is 46.9 Å². The smallest absolute Gasteiger partial charge is 0.0408 e. The van der Waals surface area contributed by atoms with Gasteiger partial charge in [0.15, 0.2) is 0 Å². The molecular formula is C18H19BrClN. The quantitative estimate of drug-likeness (QED) is 0.765. The summed E-state index contributed by atoms with van der Waals surface area (Å²) in [5.41, 5.74) is 4.12. The Morgan fingerprint density at radius 1 is 1.10 bits per heavy atom. The van der Waals surface area contributed by atoms with Gasteiger partial charge in [-0.25, -0.2) is 0 Å². The molecule has 2 unspecified atom stereocenters. The lowest BCUT2D eigenvalue weighted by Crippen LogP contribution is -2.34. The summed E-state index contributed by atoms with van der Waals surface area (Å²) in [5, 5.41) is 4.37. The first-order valence-electron chi connectivity index (χ1n) is 7.38. The third-order valence-electron chi connectivity index (χ3n) is 4.42. The van der Waals surface area contributed by atoms with E-state index in [1.165, 1.54) is 21.2 Å². The zero-order valence-electron chi connectivity index (χ0n) is 12.1. The van der Waals surface area contributed by atoms with Gasteiger partial charge in [0.2, 0.25) is 0 Å². The lowest BCUT2D eigenvalue weighted by molar-refractivity contribution is 0.402. The lowest BCUT2D eigenvalue weighted by Gasteiger charge is -2.34. The summed E-state index contributed by atoms with van der Waals surface area (Å²) in [6.07, 6.45) is 1.16.